The predicted molar refractivity (Wildman–Crippen MR) is 103 cm³/mol. The SMILES string of the molecule is C=C.C=C/C(NCCCCCCNS)=C1/N=CCC/C1=C/C. The molecule has 0 radical (unpaired) electrons. The molecule has 0 fully saturated rings. The highest BCUT2D eigenvalue weighted by molar-refractivity contribution is 7.78. The molecule has 0 aromatic rings. The van der Waals surface area contributed by atoms with Crippen molar-refractivity contribution >= 4 is 19.0 Å². The van der Waals surface area contributed by atoms with Gasteiger partial charge < -0.3 is 5.32 Å². The maximum atomic E-state index is 4.53. The van der Waals surface area contributed by atoms with Crippen molar-refractivity contribution < 1.29 is 0 Å². The van der Waals surface area contributed by atoms with E-state index < -0.39 is 0 Å². The Hall–Kier alpha value is -1.26. The third-order valence-electron chi connectivity index (χ3n) is 3.41. The van der Waals surface area contributed by atoms with Crippen LogP contribution in [0.3, 0.4) is 0 Å². The first kappa shape index (κ1) is 20.7. The number of thiol groups is 1. The van der Waals surface area contributed by atoms with Crippen molar-refractivity contribution in [1.82, 2.24) is 10.0 Å². The van der Waals surface area contributed by atoms with Gasteiger partial charge in [-0.3, -0.25) is 9.71 Å². The molecule has 0 aliphatic carbocycles. The molecule has 0 saturated carbocycles. The number of nitrogens with one attached hydrogen (secondary N) is 2. The predicted octanol–water partition coefficient (Wildman–Crippen LogP) is 4.58. The van der Waals surface area contributed by atoms with Gasteiger partial charge in [0.15, 0.2) is 0 Å². The molecule has 4 heteroatoms. The largest absolute Gasteiger partial charge is 0.383 e. The van der Waals surface area contributed by atoms with Crippen molar-refractivity contribution in [2.75, 3.05) is 13.1 Å². The lowest BCUT2D eigenvalue weighted by Gasteiger charge is -2.16. The lowest BCUT2D eigenvalue weighted by atomic mass is 10.0. The van der Waals surface area contributed by atoms with Crippen LogP contribution in [0.4, 0.5) is 0 Å². The fourth-order valence-corrected chi connectivity index (χ4v) is 2.42. The van der Waals surface area contributed by atoms with E-state index in [2.05, 4.69) is 60.6 Å². The molecule has 0 unspecified atom stereocenters. The smallest absolute Gasteiger partial charge is 0.0885 e. The molecule has 0 amide bonds. The van der Waals surface area contributed by atoms with Crippen molar-refractivity contribution in [3.8, 4) is 0 Å². The van der Waals surface area contributed by atoms with Crippen LogP contribution in [-0.2, 0) is 0 Å². The molecule has 1 aliphatic rings. The summed E-state index contributed by atoms with van der Waals surface area (Å²) in [6.45, 7) is 13.9. The third-order valence-corrected chi connectivity index (χ3v) is 3.63. The molecular weight excluding hydrogens is 290 g/mol. The summed E-state index contributed by atoms with van der Waals surface area (Å²) in [5, 5.41) is 3.47. The zero-order chi connectivity index (χ0) is 16.6. The number of nitrogens with zero attached hydrogens (tertiary/aromatic N) is 1. The second-order valence-electron chi connectivity index (χ2n) is 4.88. The average Bonchev–Trinajstić information content (AvgIpc) is 2.59. The molecule has 0 bridgehead atoms. The fourth-order valence-electron chi connectivity index (χ4n) is 2.26. The average molecular weight is 322 g/mol. The zero-order valence-corrected chi connectivity index (χ0v) is 14.8. The quantitative estimate of drug-likeness (QED) is 0.330. The van der Waals surface area contributed by atoms with Gasteiger partial charge >= 0.3 is 0 Å². The molecule has 1 rings (SSSR count). The molecule has 1 heterocycles. The summed E-state index contributed by atoms with van der Waals surface area (Å²) >= 11 is 3.98. The first-order chi connectivity index (χ1) is 10.8. The van der Waals surface area contributed by atoms with Gasteiger partial charge in [-0.05, 0) is 44.3 Å². The Labute approximate surface area is 141 Å². The molecule has 2 N–H and O–H groups in total. The highest BCUT2D eigenvalue weighted by atomic mass is 32.1. The van der Waals surface area contributed by atoms with Crippen LogP contribution in [0.15, 0.2) is 53.8 Å². The monoisotopic (exact) mass is 321 g/mol. The van der Waals surface area contributed by atoms with Crippen LogP contribution < -0.4 is 10.0 Å². The fraction of sp³-hybridized carbons (Fsp3) is 0.500. The van der Waals surface area contributed by atoms with Gasteiger partial charge in [-0.1, -0.05) is 38.3 Å². The number of unbranched alkanes of at least 4 members (excludes halogenated alkanes) is 3. The van der Waals surface area contributed by atoms with E-state index in [-0.39, 0.29) is 0 Å². The molecular formula is C18H31N3S. The lowest BCUT2D eigenvalue weighted by molar-refractivity contribution is 0.617. The normalized spacial score (nSPS) is 17.6. The Kier molecular flexibility index (Phi) is 13.8. The molecule has 0 aromatic heterocycles. The van der Waals surface area contributed by atoms with Crippen LogP contribution in [0.5, 0.6) is 0 Å². The van der Waals surface area contributed by atoms with Gasteiger partial charge in [-0.15, -0.1) is 13.2 Å². The van der Waals surface area contributed by atoms with Crippen LogP contribution in [0.1, 0.15) is 45.4 Å². The van der Waals surface area contributed by atoms with Crippen LogP contribution in [0.25, 0.3) is 0 Å². The maximum Gasteiger partial charge on any atom is 0.0885 e. The number of hydrogen-bond acceptors (Lipinski definition) is 4. The lowest BCUT2D eigenvalue weighted by Crippen LogP contribution is -2.16. The molecule has 0 saturated heterocycles. The van der Waals surface area contributed by atoms with Gasteiger partial charge in [-0.25, -0.2) is 0 Å². The first-order valence-corrected chi connectivity index (χ1v) is 8.43. The third kappa shape index (κ3) is 8.25. The van der Waals surface area contributed by atoms with E-state index in [1.165, 1.54) is 31.3 Å². The Morgan fingerprint density at radius 3 is 2.55 bits per heavy atom. The van der Waals surface area contributed by atoms with Crippen molar-refractivity contribution in [1.29, 1.82) is 0 Å². The van der Waals surface area contributed by atoms with E-state index in [1.54, 1.807) is 0 Å². The van der Waals surface area contributed by atoms with Crippen LogP contribution in [0.2, 0.25) is 0 Å². The Balaban J connectivity index is 0.00000211. The topological polar surface area (TPSA) is 36.4 Å². The van der Waals surface area contributed by atoms with Gasteiger partial charge in [0.25, 0.3) is 0 Å². The molecule has 1 aliphatic heterocycles. The summed E-state index contributed by atoms with van der Waals surface area (Å²) in [6.07, 6.45) is 13.0. The molecule has 22 heavy (non-hydrogen) atoms. The number of hydrogen-bond donors (Lipinski definition) is 3. The highest BCUT2D eigenvalue weighted by Crippen LogP contribution is 2.23. The standard InChI is InChI=1S/C16H27N3S.C2H4/c1-3-14-10-9-12-18-16(14)15(4-2)17-11-7-5-6-8-13-19-20;1-2/h3-4,12,17,19-20H,2,5-11,13H2,1H3;1-2H2/b14-3-,16-15-;. The van der Waals surface area contributed by atoms with Crippen LogP contribution >= 0.6 is 12.8 Å². The van der Waals surface area contributed by atoms with Crippen LogP contribution in [0, 0.1) is 0 Å². The van der Waals surface area contributed by atoms with Gasteiger partial charge in [0.05, 0.1) is 11.4 Å². The van der Waals surface area contributed by atoms with Crippen LogP contribution in [-0.4, -0.2) is 19.3 Å². The summed E-state index contributed by atoms with van der Waals surface area (Å²) in [6, 6.07) is 0. The zero-order valence-electron chi connectivity index (χ0n) is 13.9. The summed E-state index contributed by atoms with van der Waals surface area (Å²) in [7, 11) is 0. The van der Waals surface area contributed by atoms with E-state index in [0.29, 0.717) is 0 Å². The molecule has 0 atom stereocenters. The number of allylic oxidation sites excluding steroid dienone is 3. The Morgan fingerprint density at radius 2 is 1.95 bits per heavy atom. The Morgan fingerprint density at radius 1 is 1.27 bits per heavy atom. The van der Waals surface area contributed by atoms with E-state index in [1.807, 2.05) is 12.3 Å². The molecule has 0 spiro atoms. The second-order valence-corrected chi connectivity index (χ2v) is 5.20. The summed E-state index contributed by atoms with van der Waals surface area (Å²) < 4.78 is 2.88. The summed E-state index contributed by atoms with van der Waals surface area (Å²) in [5.74, 6) is 0. The summed E-state index contributed by atoms with van der Waals surface area (Å²) in [4.78, 5) is 4.53. The van der Waals surface area contributed by atoms with Crippen molar-refractivity contribution in [3.05, 3.63) is 48.9 Å². The van der Waals surface area contributed by atoms with Gasteiger partial charge in [0.1, 0.15) is 0 Å². The minimum atomic E-state index is 0.978. The van der Waals surface area contributed by atoms with E-state index in [4.69, 9.17) is 0 Å². The molecule has 124 valence electrons. The second kappa shape index (κ2) is 14.7. The maximum absolute atomic E-state index is 4.53. The van der Waals surface area contributed by atoms with Crippen molar-refractivity contribution in [2.24, 2.45) is 4.99 Å². The summed E-state index contributed by atoms with van der Waals surface area (Å²) in [5.41, 5.74) is 3.44. The van der Waals surface area contributed by atoms with E-state index in [9.17, 15) is 0 Å². The minimum absolute atomic E-state index is 0.978. The van der Waals surface area contributed by atoms with Gasteiger partial charge in [-0.2, -0.15) is 0 Å². The molecule has 0 aromatic carbocycles. The minimum Gasteiger partial charge on any atom is -0.383 e. The van der Waals surface area contributed by atoms with Crippen molar-refractivity contribution in [2.45, 2.75) is 45.4 Å². The number of rotatable bonds is 9. The molecule has 3 nitrogen and oxygen atoms in total. The van der Waals surface area contributed by atoms with E-state index in [0.717, 1.165) is 37.3 Å². The van der Waals surface area contributed by atoms with Gasteiger partial charge in [0, 0.05) is 19.3 Å². The highest BCUT2D eigenvalue weighted by Gasteiger charge is 2.11. The first-order valence-electron chi connectivity index (χ1n) is 7.99. The van der Waals surface area contributed by atoms with E-state index >= 15 is 0 Å². The Bertz CT molecular complexity index is 397. The number of aliphatic imine (C=N–C) groups is 1. The van der Waals surface area contributed by atoms with Crippen molar-refractivity contribution in [3.63, 3.8) is 0 Å². The van der Waals surface area contributed by atoms with Gasteiger partial charge in [0.2, 0.25) is 0 Å².